The average molecular weight is 300 g/mol. The van der Waals surface area contributed by atoms with E-state index >= 15 is 0 Å². The predicted molar refractivity (Wildman–Crippen MR) is 76.1 cm³/mol. The lowest BCUT2D eigenvalue weighted by Gasteiger charge is -2.33. The van der Waals surface area contributed by atoms with E-state index in [0.29, 0.717) is 0 Å². The summed E-state index contributed by atoms with van der Waals surface area (Å²) >= 11 is 0. The van der Waals surface area contributed by atoms with Crippen molar-refractivity contribution in [3.63, 3.8) is 0 Å². The highest BCUT2D eigenvalue weighted by Crippen LogP contribution is 2.17. The van der Waals surface area contributed by atoms with E-state index in [1.165, 1.54) is 12.5 Å². The maximum absolute atomic E-state index is 12.2. The van der Waals surface area contributed by atoms with Crippen molar-refractivity contribution in [3.8, 4) is 0 Å². The molecule has 0 atom stereocenters. The number of carbonyl (C=O) groups excluding carboxylic acids is 2. The highest BCUT2D eigenvalue weighted by Gasteiger charge is 2.32. The first-order chi connectivity index (χ1) is 9.49. The molecule has 1 aliphatic heterocycles. The van der Waals surface area contributed by atoms with Crippen LogP contribution in [-0.4, -0.2) is 46.6 Å². The summed E-state index contributed by atoms with van der Waals surface area (Å²) in [6.45, 7) is 11.0. The topological polar surface area (TPSA) is 68.3 Å². The molecule has 0 aromatic heterocycles. The fourth-order valence-electron chi connectivity index (χ4n) is 1.46. The first-order valence-electron chi connectivity index (χ1n) is 6.80. The fraction of sp³-hybridized carbons (Fsp3) is 0.714. The molecule has 120 valence electrons. The Morgan fingerprint density at radius 3 is 2.05 bits per heavy atom. The van der Waals surface area contributed by atoms with Gasteiger partial charge in [-0.05, 0) is 41.5 Å². The molecule has 2 amide bonds. The van der Waals surface area contributed by atoms with Crippen LogP contribution in [0.2, 0.25) is 0 Å². The molecular weight excluding hydrogens is 276 g/mol. The Bertz CT molecular complexity index is 420. The highest BCUT2D eigenvalue weighted by molar-refractivity contribution is 5.75. The van der Waals surface area contributed by atoms with Crippen LogP contribution < -0.4 is 0 Å². The predicted octanol–water partition coefficient (Wildman–Crippen LogP) is 2.88. The Balaban J connectivity index is 2.89. The number of nitrogens with zero attached hydrogens (tertiary/aromatic N) is 2. The molecule has 0 unspecified atom stereocenters. The lowest BCUT2D eigenvalue weighted by atomic mass is 10.2. The summed E-state index contributed by atoms with van der Waals surface area (Å²) in [6.07, 6.45) is 1.37. The molecule has 0 saturated heterocycles. The van der Waals surface area contributed by atoms with Crippen molar-refractivity contribution in [2.24, 2.45) is 0 Å². The van der Waals surface area contributed by atoms with Gasteiger partial charge in [0.05, 0.1) is 12.7 Å². The van der Waals surface area contributed by atoms with E-state index < -0.39 is 23.4 Å². The summed E-state index contributed by atoms with van der Waals surface area (Å²) in [7, 11) is 0. The van der Waals surface area contributed by atoms with Crippen LogP contribution in [0.25, 0.3) is 0 Å². The molecule has 0 aliphatic carbocycles. The summed E-state index contributed by atoms with van der Waals surface area (Å²) in [5.74, 6) is 0. The van der Waals surface area contributed by atoms with Gasteiger partial charge < -0.3 is 14.2 Å². The molecule has 0 radical (unpaired) electrons. The summed E-state index contributed by atoms with van der Waals surface area (Å²) in [5.41, 5.74) is -1.33. The van der Waals surface area contributed by atoms with Crippen molar-refractivity contribution in [2.45, 2.75) is 52.7 Å². The van der Waals surface area contributed by atoms with Gasteiger partial charge in [0.2, 0.25) is 0 Å². The van der Waals surface area contributed by atoms with Gasteiger partial charge >= 0.3 is 12.2 Å². The zero-order valence-corrected chi connectivity index (χ0v) is 13.5. The summed E-state index contributed by atoms with van der Waals surface area (Å²) in [5, 5.41) is 2.22. The Morgan fingerprint density at radius 1 is 1.00 bits per heavy atom. The molecule has 0 fully saturated rings. The second kappa shape index (κ2) is 6.24. The van der Waals surface area contributed by atoms with Crippen molar-refractivity contribution in [1.82, 2.24) is 10.0 Å². The molecule has 0 aromatic rings. The fourth-order valence-corrected chi connectivity index (χ4v) is 1.46. The van der Waals surface area contributed by atoms with Crippen LogP contribution in [0, 0.1) is 0 Å². The Kier molecular flexibility index (Phi) is 5.09. The minimum atomic E-state index is -0.671. The molecule has 7 nitrogen and oxygen atoms in total. The van der Waals surface area contributed by atoms with Crippen LogP contribution in [-0.2, 0) is 14.2 Å². The van der Waals surface area contributed by atoms with Crippen LogP contribution in [0.5, 0.6) is 0 Å². The quantitative estimate of drug-likeness (QED) is 0.688. The summed E-state index contributed by atoms with van der Waals surface area (Å²) in [4.78, 5) is 24.4. The SMILES string of the molecule is CC(C)(C)OC(=O)N1C=COCCN1C(=O)OC(C)(C)C. The molecule has 0 aromatic carbocycles. The van der Waals surface area contributed by atoms with Crippen molar-refractivity contribution < 1.29 is 23.8 Å². The molecular formula is C14H24N2O5. The minimum absolute atomic E-state index is 0.182. The number of hydrogen-bond donors (Lipinski definition) is 0. The number of hydrogen-bond acceptors (Lipinski definition) is 5. The molecule has 0 bridgehead atoms. The summed E-state index contributed by atoms with van der Waals surface area (Å²) < 4.78 is 15.7. The van der Waals surface area contributed by atoms with Crippen LogP contribution >= 0.6 is 0 Å². The zero-order valence-electron chi connectivity index (χ0n) is 13.5. The van der Waals surface area contributed by atoms with Gasteiger partial charge in [-0.3, -0.25) is 0 Å². The molecule has 1 rings (SSSR count). The lowest BCUT2D eigenvalue weighted by molar-refractivity contribution is -0.0444. The van der Waals surface area contributed by atoms with Gasteiger partial charge in [-0.15, -0.1) is 0 Å². The largest absolute Gasteiger partial charge is 0.498 e. The molecule has 0 spiro atoms. The van der Waals surface area contributed by atoms with Gasteiger partial charge in [0.15, 0.2) is 0 Å². The maximum atomic E-state index is 12.2. The maximum Gasteiger partial charge on any atom is 0.433 e. The first kappa shape index (κ1) is 17.1. The smallest absolute Gasteiger partial charge is 0.433 e. The monoisotopic (exact) mass is 300 g/mol. The molecule has 1 aliphatic rings. The number of carbonyl (C=O) groups is 2. The third-order valence-corrected chi connectivity index (χ3v) is 2.16. The van der Waals surface area contributed by atoms with Gasteiger partial charge in [0, 0.05) is 0 Å². The number of hydrazine groups is 1. The van der Waals surface area contributed by atoms with Crippen molar-refractivity contribution in [1.29, 1.82) is 0 Å². The summed E-state index contributed by atoms with van der Waals surface area (Å²) in [6, 6.07) is 0. The van der Waals surface area contributed by atoms with E-state index in [9.17, 15) is 9.59 Å². The van der Waals surface area contributed by atoms with E-state index in [-0.39, 0.29) is 13.2 Å². The first-order valence-corrected chi connectivity index (χ1v) is 6.80. The second-order valence-electron chi connectivity index (χ2n) is 6.58. The van der Waals surface area contributed by atoms with E-state index in [1.54, 1.807) is 41.5 Å². The molecule has 1 heterocycles. The third-order valence-electron chi connectivity index (χ3n) is 2.16. The van der Waals surface area contributed by atoms with Gasteiger partial charge in [-0.25, -0.2) is 14.6 Å². The Labute approximate surface area is 125 Å². The Morgan fingerprint density at radius 2 is 1.52 bits per heavy atom. The van der Waals surface area contributed by atoms with Crippen LogP contribution in [0.3, 0.4) is 0 Å². The second-order valence-corrected chi connectivity index (χ2v) is 6.58. The van der Waals surface area contributed by atoms with Crippen LogP contribution in [0.1, 0.15) is 41.5 Å². The molecule has 7 heteroatoms. The van der Waals surface area contributed by atoms with Gasteiger partial charge in [-0.1, -0.05) is 0 Å². The molecule has 0 saturated carbocycles. The van der Waals surface area contributed by atoms with Crippen molar-refractivity contribution >= 4 is 12.2 Å². The highest BCUT2D eigenvalue weighted by atomic mass is 16.6. The van der Waals surface area contributed by atoms with Gasteiger partial charge in [0.25, 0.3) is 0 Å². The van der Waals surface area contributed by atoms with E-state index in [4.69, 9.17) is 14.2 Å². The van der Waals surface area contributed by atoms with Crippen molar-refractivity contribution in [2.75, 3.05) is 13.2 Å². The number of amides is 2. The minimum Gasteiger partial charge on any atom is -0.498 e. The standard InChI is InChI=1S/C14H24N2O5/c1-13(2,3)20-11(17)15-7-9-19-10-8-16(15)12(18)21-14(4,5)6/h7,9H,8,10H2,1-6H3. The number of ether oxygens (including phenoxy) is 3. The Hall–Kier alpha value is -1.92. The van der Waals surface area contributed by atoms with Crippen LogP contribution in [0.15, 0.2) is 12.5 Å². The number of rotatable bonds is 0. The van der Waals surface area contributed by atoms with Crippen molar-refractivity contribution in [3.05, 3.63) is 12.5 Å². The molecule has 0 N–H and O–H groups in total. The van der Waals surface area contributed by atoms with Gasteiger partial charge in [-0.2, -0.15) is 5.01 Å². The third kappa shape index (κ3) is 5.93. The lowest BCUT2D eigenvalue weighted by Crippen LogP contribution is -2.50. The van der Waals surface area contributed by atoms with Gasteiger partial charge in [0.1, 0.15) is 24.1 Å². The van der Waals surface area contributed by atoms with E-state index in [2.05, 4.69) is 0 Å². The van der Waals surface area contributed by atoms with E-state index in [1.807, 2.05) is 0 Å². The van der Waals surface area contributed by atoms with E-state index in [0.717, 1.165) is 10.0 Å². The zero-order chi connectivity index (χ0) is 16.3. The van der Waals surface area contributed by atoms with Crippen LogP contribution in [0.4, 0.5) is 9.59 Å². The average Bonchev–Trinajstić information content (AvgIpc) is 2.48. The normalized spacial score (nSPS) is 16.1. The molecule has 21 heavy (non-hydrogen) atoms.